The molecule has 5 nitrogen and oxygen atoms in total. The van der Waals surface area contributed by atoms with E-state index in [0.29, 0.717) is 27.8 Å². The number of benzene rings is 1. The lowest BCUT2D eigenvalue weighted by molar-refractivity contribution is -0.139. The maximum atomic E-state index is 12.6. The van der Waals surface area contributed by atoms with Crippen molar-refractivity contribution in [3.63, 3.8) is 0 Å². The van der Waals surface area contributed by atoms with Crippen LogP contribution in [0.4, 0.5) is 0 Å². The van der Waals surface area contributed by atoms with Crippen molar-refractivity contribution in [2.45, 2.75) is 32.6 Å². The third kappa shape index (κ3) is 3.76. The molecule has 0 radical (unpaired) electrons. The van der Waals surface area contributed by atoms with E-state index in [1.54, 1.807) is 25.1 Å². The summed E-state index contributed by atoms with van der Waals surface area (Å²) in [6.45, 7) is 3.83. The Morgan fingerprint density at radius 3 is 2.52 bits per heavy atom. The fourth-order valence-electron chi connectivity index (χ4n) is 2.74. The Kier molecular flexibility index (Phi) is 6.35. The van der Waals surface area contributed by atoms with Crippen LogP contribution in [0.1, 0.15) is 38.2 Å². The second-order valence-corrected chi connectivity index (χ2v) is 6.18. The second-order valence-electron chi connectivity index (χ2n) is 5.37. The predicted molar refractivity (Wildman–Crippen MR) is 95.7 cm³/mol. The molecule has 1 aromatic carbocycles. The first-order valence-electron chi connectivity index (χ1n) is 7.87. The molecule has 0 saturated carbocycles. The molecule has 0 bridgehead atoms. The Morgan fingerprint density at radius 1 is 1.36 bits per heavy atom. The van der Waals surface area contributed by atoms with E-state index >= 15 is 0 Å². The van der Waals surface area contributed by atoms with E-state index in [2.05, 4.69) is 0 Å². The summed E-state index contributed by atoms with van der Waals surface area (Å²) in [5.74, 6) is -1.09. The molecule has 7 heteroatoms. The number of esters is 1. The van der Waals surface area contributed by atoms with Crippen molar-refractivity contribution in [3.05, 3.63) is 56.6 Å². The van der Waals surface area contributed by atoms with Crippen LogP contribution in [0.3, 0.4) is 0 Å². The van der Waals surface area contributed by atoms with Crippen LogP contribution < -0.4 is 5.73 Å². The van der Waals surface area contributed by atoms with Crippen LogP contribution in [0.2, 0.25) is 10.0 Å². The normalized spacial score (nSPS) is 17.2. The van der Waals surface area contributed by atoms with E-state index < -0.39 is 11.9 Å². The highest BCUT2D eigenvalue weighted by Crippen LogP contribution is 2.45. The molecule has 0 saturated heterocycles. The minimum absolute atomic E-state index is 0.0556. The molecule has 0 aromatic heterocycles. The molecule has 0 unspecified atom stereocenters. The lowest BCUT2D eigenvalue weighted by Gasteiger charge is -2.29. The Labute approximate surface area is 156 Å². The Bertz CT molecular complexity index is 774. The predicted octanol–water partition coefficient (Wildman–Crippen LogP) is 4.42. The van der Waals surface area contributed by atoms with Gasteiger partial charge in [0.2, 0.25) is 5.88 Å². The van der Waals surface area contributed by atoms with Crippen LogP contribution in [-0.4, -0.2) is 12.6 Å². The number of hydrogen-bond acceptors (Lipinski definition) is 5. The van der Waals surface area contributed by atoms with Gasteiger partial charge in [-0.15, -0.1) is 0 Å². The monoisotopic (exact) mass is 380 g/mol. The lowest BCUT2D eigenvalue weighted by Crippen LogP contribution is -2.26. The molecule has 1 aliphatic rings. The van der Waals surface area contributed by atoms with Gasteiger partial charge in [-0.25, -0.2) is 4.79 Å². The lowest BCUT2D eigenvalue weighted by atomic mass is 9.82. The van der Waals surface area contributed by atoms with Gasteiger partial charge in [-0.2, -0.15) is 5.26 Å². The van der Waals surface area contributed by atoms with Crippen LogP contribution in [0.15, 0.2) is 41.0 Å². The van der Waals surface area contributed by atoms with Crippen molar-refractivity contribution in [1.82, 2.24) is 0 Å². The van der Waals surface area contributed by atoms with E-state index in [4.69, 9.17) is 38.4 Å². The van der Waals surface area contributed by atoms with Gasteiger partial charge in [-0.05, 0) is 25.5 Å². The summed E-state index contributed by atoms with van der Waals surface area (Å²) in [6, 6.07) is 6.99. The Hall–Kier alpha value is -2.16. The average Bonchev–Trinajstić information content (AvgIpc) is 2.55. The van der Waals surface area contributed by atoms with Crippen LogP contribution in [0.5, 0.6) is 0 Å². The third-order valence-electron chi connectivity index (χ3n) is 3.76. The molecule has 0 amide bonds. The van der Waals surface area contributed by atoms with Gasteiger partial charge in [-0.3, -0.25) is 0 Å². The molecule has 0 spiro atoms. The maximum absolute atomic E-state index is 12.6. The zero-order chi connectivity index (χ0) is 18.6. The average molecular weight is 381 g/mol. The summed E-state index contributed by atoms with van der Waals surface area (Å²) in [5, 5.41) is 10.3. The number of carbonyl (C=O) groups is 1. The first-order valence-corrected chi connectivity index (χ1v) is 8.63. The molecule has 1 atom stereocenters. The third-order valence-corrected chi connectivity index (χ3v) is 4.42. The number of allylic oxidation sites excluding steroid dienone is 2. The van der Waals surface area contributed by atoms with Gasteiger partial charge in [-0.1, -0.05) is 36.2 Å². The number of ether oxygens (including phenoxy) is 2. The minimum Gasteiger partial charge on any atom is -0.463 e. The van der Waals surface area contributed by atoms with E-state index in [-0.39, 0.29) is 23.6 Å². The molecular formula is C18H18Cl2N2O3. The first-order chi connectivity index (χ1) is 12.0. The Morgan fingerprint density at radius 2 is 2.00 bits per heavy atom. The number of carbonyl (C=O) groups excluding carboxylic acids is 1. The highest BCUT2D eigenvalue weighted by atomic mass is 35.5. The van der Waals surface area contributed by atoms with Gasteiger partial charge in [0.15, 0.2) is 0 Å². The quantitative estimate of drug-likeness (QED) is 0.764. The van der Waals surface area contributed by atoms with E-state index in [0.717, 1.165) is 6.42 Å². The van der Waals surface area contributed by atoms with Crippen LogP contribution in [0, 0.1) is 11.3 Å². The number of nitrogens with two attached hydrogens (primary N) is 1. The first kappa shape index (κ1) is 19.2. The number of hydrogen-bond donors (Lipinski definition) is 1. The smallest absolute Gasteiger partial charge is 0.338 e. The number of nitriles is 1. The van der Waals surface area contributed by atoms with Crippen molar-refractivity contribution in [2.75, 3.05) is 6.61 Å². The second kappa shape index (κ2) is 8.28. The summed E-state index contributed by atoms with van der Waals surface area (Å²) in [5.41, 5.74) is 6.67. The van der Waals surface area contributed by atoms with Gasteiger partial charge in [0.05, 0.1) is 18.1 Å². The van der Waals surface area contributed by atoms with E-state index in [9.17, 15) is 10.1 Å². The minimum atomic E-state index is -0.833. The fraction of sp³-hybridized carbons (Fsp3) is 0.333. The molecular weight excluding hydrogens is 363 g/mol. The fourth-order valence-corrected chi connectivity index (χ4v) is 3.35. The van der Waals surface area contributed by atoms with Crippen molar-refractivity contribution >= 4 is 29.2 Å². The number of nitrogens with zero attached hydrogens (tertiary/aromatic N) is 1. The van der Waals surface area contributed by atoms with Gasteiger partial charge in [0, 0.05) is 22.0 Å². The Balaban J connectivity index is 2.76. The van der Waals surface area contributed by atoms with Crippen molar-refractivity contribution < 1.29 is 14.3 Å². The largest absolute Gasteiger partial charge is 0.463 e. The standard InChI is InChI=1S/C18H18Cl2N2O3/c1-3-6-13-16(18(23)24-4-2)14(10(9-21)17(22)25-13)15-11(19)7-5-8-12(15)20/h5,7-8,14H,3-4,6,22H2,1-2H3/t14-/m0/s1. The van der Waals surface area contributed by atoms with Gasteiger partial charge >= 0.3 is 5.97 Å². The maximum Gasteiger partial charge on any atom is 0.338 e. The SMILES string of the molecule is CCCC1=C(C(=O)OCC)[C@H](c2c(Cl)cccc2Cl)C(C#N)=C(N)O1. The van der Waals surface area contributed by atoms with Crippen molar-refractivity contribution in [2.24, 2.45) is 5.73 Å². The molecule has 1 aliphatic heterocycles. The number of rotatable bonds is 5. The van der Waals surface area contributed by atoms with Crippen LogP contribution >= 0.6 is 23.2 Å². The molecule has 0 aliphatic carbocycles. The molecule has 1 aromatic rings. The zero-order valence-electron chi connectivity index (χ0n) is 13.9. The molecule has 0 fully saturated rings. The summed E-state index contributed by atoms with van der Waals surface area (Å²) < 4.78 is 10.8. The molecule has 1 heterocycles. The molecule has 2 N–H and O–H groups in total. The summed E-state index contributed by atoms with van der Waals surface area (Å²) in [6.07, 6.45) is 1.18. The van der Waals surface area contributed by atoms with Gasteiger partial charge in [0.1, 0.15) is 17.4 Å². The molecule has 2 rings (SSSR count). The zero-order valence-corrected chi connectivity index (χ0v) is 15.4. The molecule has 132 valence electrons. The van der Waals surface area contributed by atoms with E-state index in [1.807, 2.05) is 13.0 Å². The summed E-state index contributed by atoms with van der Waals surface area (Å²) >= 11 is 12.7. The highest BCUT2D eigenvalue weighted by molar-refractivity contribution is 6.36. The van der Waals surface area contributed by atoms with Gasteiger partial charge < -0.3 is 15.2 Å². The summed E-state index contributed by atoms with van der Waals surface area (Å²) in [4.78, 5) is 12.6. The van der Waals surface area contributed by atoms with Gasteiger partial charge in [0.25, 0.3) is 0 Å². The van der Waals surface area contributed by atoms with Crippen molar-refractivity contribution in [3.8, 4) is 6.07 Å². The van der Waals surface area contributed by atoms with Crippen LogP contribution in [-0.2, 0) is 14.3 Å². The van der Waals surface area contributed by atoms with Crippen molar-refractivity contribution in [1.29, 1.82) is 5.26 Å². The van der Waals surface area contributed by atoms with Crippen LogP contribution in [0.25, 0.3) is 0 Å². The van der Waals surface area contributed by atoms with E-state index in [1.165, 1.54) is 0 Å². The summed E-state index contributed by atoms with van der Waals surface area (Å²) in [7, 11) is 0. The molecule has 25 heavy (non-hydrogen) atoms. The topological polar surface area (TPSA) is 85.3 Å². The highest BCUT2D eigenvalue weighted by Gasteiger charge is 2.39. The number of halogens is 2.